The maximum Gasteiger partial charge on any atom is 0.139 e. The second kappa shape index (κ2) is 2.20. The molecule has 0 fully saturated rings. The van der Waals surface area contributed by atoms with E-state index in [9.17, 15) is 4.79 Å². The highest BCUT2D eigenvalue weighted by Crippen LogP contribution is 2.48. The smallest absolute Gasteiger partial charge is 0.139 e. The molecule has 1 rings (SSSR count). The first kappa shape index (κ1) is 8.51. The molecule has 0 aromatic rings. The van der Waals surface area contributed by atoms with Crippen LogP contribution in [-0.4, -0.2) is 5.78 Å². The maximum atomic E-state index is 11.3. The number of rotatable bonds is 1. The second-order valence-electron chi connectivity index (χ2n) is 4.25. The fourth-order valence-electron chi connectivity index (χ4n) is 1.62. The molecule has 1 aliphatic carbocycles. The number of Topliss-reactive ketones (excluding diaryl/α,β-unsaturated/α-hetero) is 1. The fraction of sp³-hybridized carbons (Fsp3) is 0.700. The van der Waals surface area contributed by atoms with Gasteiger partial charge < -0.3 is 0 Å². The number of ketones is 1. The SMILES string of the molecule is CC(=O)C1(C)C=CCC1(C)C. The molecule has 0 aromatic carbocycles. The topological polar surface area (TPSA) is 17.1 Å². The van der Waals surface area contributed by atoms with Gasteiger partial charge in [-0.15, -0.1) is 0 Å². The van der Waals surface area contributed by atoms with E-state index in [0.29, 0.717) is 0 Å². The molecule has 1 unspecified atom stereocenters. The first-order chi connectivity index (χ1) is 4.90. The number of hydrogen-bond acceptors (Lipinski definition) is 1. The summed E-state index contributed by atoms with van der Waals surface area (Å²) in [5.41, 5.74) is -0.119. The number of carbonyl (C=O) groups excluding carboxylic acids is 1. The van der Waals surface area contributed by atoms with Crippen LogP contribution < -0.4 is 0 Å². The lowest BCUT2D eigenvalue weighted by atomic mass is 9.67. The van der Waals surface area contributed by atoms with E-state index in [1.54, 1.807) is 6.92 Å². The predicted molar refractivity (Wildman–Crippen MR) is 46.3 cm³/mol. The molecule has 0 aromatic heterocycles. The van der Waals surface area contributed by atoms with Crippen LogP contribution in [0.1, 0.15) is 34.1 Å². The van der Waals surface area contributed by atoms with Crippen molar-refractivity contribution in [3.05, 3.63) is 12.2 Å². The first-order valence-electron chi connectivity index (χ1n) is 4.09. The van der Waals surface area contributed by atoms with E-state index in [1.807, 2.05) is 6.92 Å². The van der Waals surface area contributed by atoms with Crippen LogP contribution in [0.3, 0.4) is 0 Å². The van der Waals surface area contributed by atoms with Crippen LogP contribution in [0.2, 0.25) is 0 Å². The zero-order valence-electron chi connectivity index (χ0n) is 7.77. The molecule has 0 N–H and O–H groups in total. The monoisotopic (exact) mass is 152 g/mol. The van der Waals surface area contributed by atoms with Gasteiger partial charge in [-0.05, 0) is 25.7 Å². The maximum absolute atomic E-state index is 11.3. The summed E-state index contributed by atoms with van der Waals surface area (Å²) in [4.78, 5) is 11.3. The molecule has 11 heavy (non-hydrogen) atoms. The molecule has 62 valence electrons. The highest BCUT2D eigenvalue weighted by molar-refractivity contribution is 5.85. The Morgan fingerprint density at radius 1 is 1.36 bits per heavy atom. The lowest BCUT2D eigenvalue weighted by Gasteiger charge is -2.35. The molecular formula is C10H16O. The standard InChI is InChI=1S/C10H16O/c1-8(11)10(4)7-5-6-9(10,2)3/h5,7H,6H2,1-4H3. The van der Waals surface area contributed by atoms with Crippen molar-refractivity contribution < 1.29 is 4.79 Å². The summed E-state index contributed by atoms with van der Waals surface area (Å²) in [7, 11) is 0. The summed E-state index contributed by atoms with van der Waals surface area (Å²) < 4.78 is 0. The Morgan fingerprint density at radius 3 is 2.09 bits per heavy atom. The van der Waals surface area contributed by atoms with Gasteiger partial charge in [0.1, 0.15) is 5.78 Å². The summed E-state index contributed by atoms with van der Waals surface area (Å²) in [6.45, 7) is 8.00. The van der Waals surface area contributed by atoms with Crippen molar-refractivity contribution in [2.45, 2.75) is 34.1 Å². The number of carbonyl (C=O) groups is 1. The molecule has 0 saturated carbocycles. The average Bonchev–Trinajstić information content (AvgIpc) is 2.09. The van der Waals surface area contributed by atoms with E-state index in [-0.39, 0.29) is 16.6 Å². The van der Waals surface area contributed by atoms with Gasteiger partial charge in [-0.2, -0.15) is 0 Å². The van der Waals surface area contributed by atoms with E-state index in [2.05, 4.69) is 26.0 Å². The Morgan fingerprint density at radius 2 is 1.91 bits per heavy atom. The first-order valence-corrected chi connectivity index (χ1v) is 4.09. The third kappa shape index (κ3) is 1.03. The molecule has 1 heteroatoms. The summed E-state index contributed by atoms with van der Waals surface area (Å²) in [5, 5.41) is 0. The summed E-state index contributed by atoms with van der Waals surface area (Å²) in [5.74, 6) is 0.274. The molecule has 1 atom stereocenters. The molecule has 1 aliphatic rings. The summed E-state index contributed by atoms with van der Waals surface area (Å²) >= 11 is 0. The van der Waals surface area contributed by atoms with Gasteiger partial charge in [-0.25, -0.2) is 0 Å². The molecule has 1 nitrogen and oxygen atoms in total. The predicted octanol–water partition coefficient (Wildman–Crippen LogP) is 2.57. The zero-order chi connectivity index (χ0) is 8.70. The molecule has 0 heterocycles. The minimum atomic E-state index is -0.229. The van der Waals surface area contributed by atoms with Crippen molar-refractivity contribution in [1.82, 2.24) is 0 Å². The van der Waals surface area contributed by atoms with Crippen molar-refractivity contribution in [3.8, 4) is 0 Å². The Balaban J connectivity index is 3.02. The normalized spacial score (nSPS) is 34.2. The van der Waals surface area contributed by atoms with Crippen molar-refractivity contribution in [2.24, 2.45) is 10.8 Å². The van der Waals surface area contributed by atoms with Gasteiger partial charge in [0, 0.05) is 5.41 Å². The Hall–Kier alpha value is -0.590. The van der Waals surface area contributed by atoms with Gasteiger partial charge in [-0.1, -0.05) is 26.0 Å². The number of hydrogen-bond donors (Lipinski definition) is 0. The van der Waals surface area contributed by atoms with Gasteiger partial charge in [0.25, 0.3) is 0 Å². The van der Waals surface area contributed by atoms with Gasteiger partial charge in [-0.3, -0.25) is 4.79 Å². The fourth-order valence-corrected chi connectivity index (χ4v) is 1.62. The Labute approximate surface area is 68.5 Å². The van der Waals surface area contributed by atoms with Crippen molar-refractivity contribution in [2.75, 3.05) is 0 Å². The van der Waals surface area contributed by atoms with Gasteiger partial charge in [0.15, 0.2) is 0 Å². The second-order valence-corrected chi connectivity index (χ2v) is 4.25. The summed E-state index contributed by atoms with van der Waals surface area (Å²) in [6.07, 6.45) is 5.18. The van der Waals surface area contributed by atoms with Crippen molar-refractivity contribution in [3.63, 3.8) is 0 Å². The average molecular weight is 152 g/mol. The molecule has 0 amide bonds. The zero-order valence-corrected chi connectivity index (χ0v) is 7.77. The van der Waals surface area contributed by atoms with E-state index < -0.39 is 0 Å². The third-order valence-electron chi connectivity index (χ3n) is 3.22. The highest BCUT2D eigenvalue weighted by Gasteiger charge is 2.44. The molecule has 0 saturated heterocycles. The van der Waals surface area contributed by atoms with Crippen LogP contribution in [0.4, 0.5) is 0 Å². The Kier molecular flexibility index (Phi) is 1.70. The lowest BCUT2D eigenvalue weighted by molar-refractivity contribution is -0.127. The molecular weight excluding hydrogens is 136 g/mol. The van der Waals surface area contributed by atoms with Gasteiger partial charge >= 0.3 is 0 Å². The molecule has 0 aliphatic heterocycles. The third-order valence-corrected chi connectivity index (χ3v) is 3.22. The number of allylic oxidation sites excluding steroid dienone is 2. The largest absolute Gasteiger partial charge is 0.299 e. The van der Waals surface area contributed by atoms with E-state index in [0.717, 1.165) is 6.42 Å². The van der Waals surface area contributed by atoms with Crippen LogP contribution in [0.25, 0.3) is 0 Å². The van der Waals surface area contributed by atoms with E-state index >= 15 is 0 Å². The van der Waals surface area contributed by atoms with Crippen LogP contribution in [0, 0.1) is 10.8 Å². The van der Waals surface area contributed by atoms with Crippen molar-refractivity contribution in [1.29, 1.82) is 0 Å². The highest BCUT2D eigenvalue weighted by atomic mass is 16.1. The van der Waals surface area contributed by atoms with E-state index in [1.165, 1.54) is 0 Å². The minimum absolute atomic E-state index is 0.110. The van der Waals surface area contributed by atoms with Crippen LogP contribution >= 0.6 is 0 Å². The summed E-state index contributed by atoms with van der Waals surface area (Å²) in [6, 6.07) is 0. The quantitative estimate of drug-likeness (QED) is 0.528. The molecule has 0 spiro atoms. The van der Waals surface area contributed by atoms with Gasteiger partial charge in [0.05, 0.1) is 0 Å². The minimum Gasteiger partial charge on any atom is -0.299 e. The Bertz CT molecular complexity index is 213. The van der Waals surface area contributed by atoms with E-state index in [4.69, 9.17) is 0 Å². The van der Waals surface area contributed by atoms with Gasteiger partial charge in [0.2, 0.25) is 0 Å². The lowest BCUT2D eigenvalue weighted by Crippen LogP contribution is -2.35. The molecule has 0 bridgehead atoms. The van der Waals surface area contributed by atoms with Crippen LogP contribution in [-0.2, 0) is 4.79 Å². The van der Waals surface area contributed by atoms with Crippen molar-refractivity contribution >= 4 is 5.78 Å². The molecule has 0 radical (unpaired) electrons. The van der Waals surface area contributed by atoms with Crippen LogP contribution in [0.15, 0.2) is 12.2 Å². The van der Waals surface area contributed by atoms with Crippen LogP contribution in [0.5, 0.6) is 0 Å².